The maximum atomic E-state index is 10.4. The molecule has 158 valence electrons. The minimum Gasteiger partial charge on any atom is -0.391 e. The van der Waals surface area contributed by atoms with Crippen LogP contribution < -0.4 is 5.32 Å². The van der Waals surface area contributed by atoms with Crippen molar-refractivity contribution in [1.82, 2.24) is 15.1 Å². The number of ether oxygens (including phenoxy) is 1. The standard InChI is InChI=1S/C21H34N4O2.HI/c1-2-22-21(23-15-20(26)14-18-6-4-3-5-7-18)25-9-8-19(17-25)16-24-10-12-27-13-11-24;/h3-7,19-20,26H,2,8-17H2,1H3,(H,22,23);1H. The summed E-state index contributed by atoms with van der Waals surface area (Å²) in [4.78, 5) is 9.59. The SMILES string of the molecule is CCNC(=NCC(O)Cc1ccccc1)N1CCC(CN2CCOCC2)C1.I. The highest BCUT2D eigenvalue weighted by molar-refractivity contribution is 14.0. The monoisotopic (exact) mass is 502 g/mol. The Labute approximate surface area is 186 Å². The van der Waals surface area contributed by atoms with E-state index in [1.807, 2.05) is 18.2 Å². The van der Waals surface area contributed by atoms with Gasteiger partial charge in [0.1, 0.15) is 0 Å². The second-order valence-electron chi connectivity index (χ2n) is 7.55. The minimum absolute atomic E-state index is 0. The minimum atomic E-state index is -0.451. The summed E-state index contributed by atoms with van der Waals surface area (Å²) in [7, 11) is 0. The van der Waals surface area contributed by atoms with Gasteiger partial charge in [-0.1, -0.05) is 30.3 Å². The Morgan fingerprint density at radius 1 is 1.25 bits per heavy atom. The van der Waals surface area contributed by atoms with Gasteiger partial charge in [-0.3, -0.25) is 9.89 Å². The summed E-state index contributed by atoms with van der Waals surface area (Å²) in [5.74, 6) is 1.62. The number of likely N-dealkylation sites (tertiary alicyclic amines) is 1. The molecule has 3 rings (SSSR count). The van der Waals surface area contributed by atoms with E-state index in [9.17, 15) is 5.11 Å². The fourth-order valence-electron chi connectivity index (χ4n) is 3.89. The van der Waals surface area contributed by atoms with Gasteiger partial charge in [0.25, 0.3) is 0 Å². The molecule has 28 heavy (non-hydrogen) atoms. The number of morpholine rings is 1. The zero-order valence-corrected chi connectivity index (χ0v) is 19.3. The van der Waals surface area contributed by atoms with Crippen LogP contribution in [-0.4, -0.2) is 86.0 Å². The van der Waals surface area contributed by atoms with Gasteiger partial charge < -0.3 is 20.1 Å². The Hall–Kier alpha value is -0.900. The van der Waals surface area contributed by atoms with Crippen molar-refractivity contribution in [2.75, 3.05) is 59.0 Å². The molecule has 0 bridgehead atoms. The molecule has 2 unspecified atom stereocenters. The van der Waals surface area contributed by atoms with Crippen LogP contribution in [0.3, 0.4) is 0 Å². The zero-order valence-electron chi connectivity index (χ0n) is 16.9. The first-order chi connectivity index (χ1) is 13.2. The van der Waals surface area contributed by atoms with Gasteiger partial charge in [0.05, 0.1) is 25.9 Å². The smallest absolute Gasteiger partial charge is 0.194 e. The number of aliphatic imine (C=N–C) groups is 1. The maximum absolute atomic E-state index is 10.4. The largest absolute Gasteiger partial charge is 0.391 e. The average molecular weight is 502 g/mol. The number of nitrogens with zero attached hydrogens (tertiary/aromatic N) is 3. The summed E-state index contributed by atoms with van der Waals surface area (Å²) in [6, 6.07) is 10.1. The van der Waals surface area contributed by atoms with Crippen LogP contribution in [0.15, 0.2) is 35.3 Å². The molecule has 2 fully saturated rings. The summed E-state index contributed by atoms with van der Waals surface area (Å²) >= 11 is 0. The molecule has 0 spiro atoms. The van der Waals surface area contributed by atoms with E-state index in [2.05, 4.69) is 34.2 Å². The van der Waals surface area contributed by atoms with Crippen LogP contribution in [0.1, 0.15) is 18.9 Å². The van der Waals surface area contributed by atoms with Gasteiger partial charge in [0.2, 0.25) is 0 Å². The van der Waals surface area contributed by atoms with Crippen LogP contribution in [0.5, 0.6) is 0 Å². The van der Waals surface area contributed by atoms with Crippen LogP contribution in [0.25, 0.3) is 0 Å². The molecule has 2 atom stereocenters. The van der Waals surface area contributed by atoms with Crippen LogP contribution in [0, 0.1) is 5.92 Å². The lowest BCUT2D eigenvalue weighted by Crippen LogP contribution is -2.42. The Bertz CT molecular complexity index is 581. The van der Waals surface area contributed by atoms with Crippen molar-refractivity contribution in [3.05, 3.63) is 35.9 Å². The molecule has 0 amide bonds. The molecule has 2 aliphatic heterocycles. The number of benzene rings is 1. The molecule has 1 aromatic carbocycles. The third kappa shape index (κ3) is 7.50. The van der Waals surface area contributed by atoms with E-state index < -0.39 is 6.10 Å². The molecular weight excluding hydrogens is 467 g/mol. The highest BCUT2D eigenvalue weighted by atomic mass is 127. The maximum Gasteiger partial charge on any atom is 0.194 e. The van der Waals surface area contributed by atoms with Crippen LogP contribution in [0.4, 0.5) is 0 Å². The van der Waals surface area contributed by atoms with E-state index in [1.54, 1.807) is 0 Å². The lowest BCUT2D eigenvalue weighted by Gasteiger charge is -2.29. The normalized spacial score (nSPS) is 22.0. The molecule has 0 aromatic heterocycles. The van der Waals surface area contributed by atoms with E-state index in [-0.39, 0.29) is 24.0 Å². The quantitative estimate of drug-likeness (QED) is 0.339. The fraction of sp³-hybridized carbons (Fsp3) is 0.667. The van der Waals surface area contributed by atoms with Gasteiger partial charge in [-0.2, -0.15) is 0 Å². The lowest BCUT2D eigenvalue weighted by atomic mass is 10.1. The molecule has 0 radical (unpaired) electrons. The third-order valence-electron chi connectivity index (χ3n) is 5.31. The van der Waals surface area contributed by atoms with E-state index in [0.717, 1.165) is 64.0 Å². The van der Waals surface area contributed by atoms with Crippen molar-refractivity contribution in [3.8, 4) is 0 Å². The van der Waals surface area contributed by atoms with Crippen molar-refractivity contribution in [2.24, 2.45) is 10.9 Å². The first kappa shape index (κ1) is 23.4. The van der Waals surface area contributed by atoms with Crippen LogP contribution in [-0.2, 0) is 11.2 Å². The van der Waals surface area contributed by atoms with E-state index in [0.29, 0.717) is 18.9 Å². The van der Waals surface area contributed by atoms with Gasteiger partial charge in [-0.25, -0.2) is 0 Å². The van der Waals surface area contributed by atoms with Crippen molar-refractivity contribution < 1.29 is 9.84 Å². The van der Waals surface area contributed by atoms with Gasteiger partial charge >= 0.3 is 0 Å². The number of halogens is 1. The second kappa shape index (κ2) is 12.6. The van der Waals surface area contributed by atoms with Crippen molar-refractivity contribution in [2.45, 2.75) is 25.9 Å². The average Bonchev–Trinajstić information content (AvgIpc) is 3.15. The van der Waals surface area contributed by atoms with E-state index in [1.165, 1.54) is 6.42 Å². The van der Waals surface area contributed by atoms with Crippen LogP contribution in [0.2, 0.25) is 0 Å². The van der Waals surface area contributed by atoms with E-state index >= 15 is 0 Å². The lowest BCUT2D eigenvalue weighted by molar-refractivity contribution is 0.0315. The molecule has 2 N–H and O–H groups in total. The van der Waals surface area contributed by atoms with Gasteiger partial charge in [0, 0.05) is 45.7 Å². The van der Waals surface area contributed by atoms with Crippen molar-refractivity contribution in [3.63, 3.8) is 0 Å². The van der Waals surface area contributed by atoms with Gasteiger partial charge in [-0.15, -0.1) is 24.0 Å². The Balaban J connectivity index is 0.00000280. The second-order valence-corrected chi connectivity index (χ2v) is 7.55. The molecular formula is C21H35IN4O2. The number of aliphatic hydroxyl groups excluding tert-OH is 1. The molecule has 6 nitrogen and oxygen atoms in total. The third-order valence-corrected chi connectivity index (χ3v) is 5.31. The number of guanidine groups is 1. The van der Waals surface area contributed by atoms with Crippen molar-refractivity contribution >= 4 is 29.9 Å². The fourth-order valence-corrected chi connectivity index (χ4v) is 3.89. The number of nitrogens with one attached hydrogen (secondary N) is 1. The first-order valence-corrected chi connectivity index (χ1v) is 10.3. The molecule has 0 saturated carbocycles. The summed E-state index contributed by atoms with van der Waals surface area (Å²) in [6.45, 7) is 10.4. The number of hydrogen-bond donors (Lipinski definition) is 2. The molecule has 7 heteroatoms. The van der Waals surface area contributed by atoms with Crippen molar-refractivity contribution in [1.29, 1.82) is 0 Å². The number of aliphatic hydroxyl groups is 1. The summed E-state index contributed by atoms with van der Waals surface area (Å²) in [5, 5.41) is 13.8. The Kier molecular flexibility index (Phi) is 10.5. The van der Waals surface area contributed by atoms with Gasteiger partial charge in [-0.05, 0) is 24.8 Å². The zero-order chi connectivity index (χ0) is 18.9. The highest BCUT2D eigenvalue weighted by Gasteiger charge is 2.27. The number of rotatable bonds is 7. The number of hydrogen-bond acceptors (Lipinski definition) is 4. The molecule has 1 aromatic rings. The Morgan fingerprint density at radius 3 is 2.71 bits per heavy atom. The molecule has 0 aliphatic carbocycles. The predicted octanol–water partition coefficient (Wildman–Crippen LogP) is 1.83. The molecule has 2 heterocycles. The van der Waals surface area contributed by atoms with E-state index in [4.69, 9.17) is 9.73 Å². The van der Waals surface area contributed by atoms with Crippen LogP contribution >= 0.6 is 24.0 Å². The molecule has 2 aliphatic rings. The Morgan fingerprint density at radius 2 is 2.00 bits per heavy atom. The summed E-state index contributed by atoms with van der Waals surface area (Å²) in [5.41, 5.74) is 1.15. The van der Waals surface area contributed by atoms with Gasteiger partial charge in [0.15, 0.2) is 5.96 Å². The highest BCUT2D eigenvalue weighted by Crippen LogP contribution is 2.18. The molecule has 2 saturated heterocycles. The first-order valence-electron chi connectivity index (χ1n) is 10.3. The topological polar surface area (TPSA) is 60.3 Å². The summed E-state index contributed by atoms with van der Waals surface area (Å²) < 4.78 is 5.45. The summed E-state index contributed by atoms with van der Waals surface area (Å²) in [6.07, 6.45) is 1.39. The predicted molar refractivity (Wildman–Crippen MR) is 124 cm³/mol.